The monoisotopic (exact) mass is 672 g/mol. The van der Waals surface area contributed by atoms with Crippen LogP contribution in [0.25, 0.3) is 23.1 Å². The highest BCUT2D eigenvalue weighted by Crippen LogP contribution is 2.53. The van der Waals surface area contributed by atoms with E-state index in [4.69, 9.17) is 22.3 Å². The van der Waals surface area contributed by atoms with Crippen molar-refractivity contribution in [1.29, 1.82) is 0 Å². The average molecular weight is 673 g/mol. The van der Waals surface area contributed by atoms with Gasteiger partial charge >= 0.3 is 5.97 Å². The summed E-state index contributed by atoms with van der Waals surface area (Å²) >= 11 is 8.04. The molecule has 1 aromatic heterocycles. The topological polar surface area (TPSA) is 96.4 Å². The van der Waals surface area contributed by atoms with Crippen molar-refractivity contribution in [2.45, 2.75) is 89.5 Å². The minimum Gasteiger partial charge on any atom is -0.481 e. The summed E-state index contributed by atoms with van der Waals surface area (Å²) < 4.78 is 0. The number of nitrogens with zero attached hydrogens (tertiary/aromatic N) is 1. The number of aryl methyl sites for hydroxylation is 1. The predicted molar refractivity (Wildman–Crippen MR) is 200 cm³/mol. The number of carboxylic acid groups (broad SMARTS) is 1. The molecule has 5 rings (SSSR count). The Hall–Kier alpha value is -3.16. The molecule has 0 aliphatic heterocycles. The summed E-state index contributed by atoms with van der Waals surface area (Å²) in [6, 6.07) is 26.5. The first-order valence-corrected chi connectivity index (χ1v) is 17.9. The van der Waals surface area contributed by atoms with Crippen LogP contribution < -0.4 is 5.73 Å². The van der Waals surface area contributed by atoms with E-state index in [-0.39, 0.29) is 22.6 Å². The van der Waals surface area contributed by atoms with Crippen LogP contribution in [0.5, 0.6) is 0 Å². The van der Waals surface area contributed by atoms with E-state index in [0.717, 1.165) is 71.1 Å². The Morgan fingerprint density at radius 1 is 1.02 bits per heavy atom. The van der Waals surface area contributed by atoms with Gasteiger partial charge in [-0.2, -0.15) is 11.8 Å². The standard InChI is InChI=1S/C35H36ClNO3S.C5H13N/c1-34(2,40)30-9-4-3-7-25(30)13-17-32(41-23-35(18-19-35)22-33(38)39)27-8-5-6-24(20-27)10-15-29-16-12-26-11-14-28(36)21-31(26)37-29;1-4-5(2,3)6/h3-12,14-16,20-21,32,40H,13,17-19,22-23H2,1-2H3,(H,38,39);4,6H2,1-3H3/b15-10+;/t32-;/m1./s1. The number of carbonyl (C=O) groups is 1. The van der Waals surface area contributed by atoms with Crippen molar-refractivity contribution < 1.29 is 15.0 Å². The second kappa shape index (κ2) is 15.8. The fourth-order valence-corrected chi connectivity index (χ4v) is 7.09. The summed E-state index contributed by atoms with van der Waals surface area (Å²) in [4.78, 5) is 16.2. The zero-order valence-corrected chi connectivity index (χ0v) is 29.9. The van der Waals surface area contributed by atoms with Gasteiger partial charge in [-0.3, -0.25) is 4.79 Å². The first-order chi connectivity index (χ1) is 22.2. The van der Waals surface area contributed by atoms with Crippen LogP contribution in [0.3, 0.4) is 0 Å². The SMILES string of the molecule is CC(C)(O)c1ccccc1CC[C@@H](SCC1(CC(=O)O)CC1)c1cccc(/C=C/c2ccc3ccc(Cl)cc3n2)c1.CCC(C)(C)N. The van der Waals surface area contributed by atoms with Gasteiger partial charge in [-0.05, 0) is 112 Å². The van der Waals surface area contributed by atoms with E-state index >= 15 is 0 Å². The molecule has 0 unspecified atom stereocenters. The third-order valence-corrected chi connectivity index (χ3v) is 10.7. The fourth-order valence-electron chi connectivity index (χ4n) is 5.36. The van der Waals surface area contributed by atoms with Gasteiger partial charge in [0.15, 0.2) is 0 Å². The normalized spacial score (nSPS) is 14.9. The van der Waals surface area contributed by atoms with Crippen molar-refractivity contribution in [1.82, 2.24) is 4.98 Å². The summed E-state index contributed by atoms with van der Waals surface area (Å²) in [5.74, 6) is 0.122. The molecule has 47 heavy (non-hydrogen) atoms. The van der Waals surface area contributed by atoms with Crippen LogP contribution in [0.2, 0.25) is 5.02 Å². The molecule has 0 saturated heterocycles. The summed E-state index contributed by atoms with van der Waals surface area (Å²) in [5.41, 5.74) is 10.7. The number of carboxylic acids is 1. The number of halogens is 1. The number of hydrogen-bond donors (Lipinski definition) is 3. The Morgan fingerprint density at radius 3 is 2.38 bits per heavy atom. The fraction of sp³-hybridized carbons (Fsp3) is 0.400. The van der Waals surface area contributed by atoms with E-state index in [1.54, 1.807) is 0 Å². The number of nitrogens with two attached hydrogens (primary N) is 1. The highest BCUT2D eigenvalue weighted by atomic mass is 35.5. The van der Waals surface area contributed by atoms with E-state index in [0.29, 0.717) is 5.02 Å². The summed E-state index contributed by atoms with van der Waals surface area (Å²) in [7, 11) is 0. The molecule has 7 heteroatoms. The second-order valence-electron chi connectivity index (χ2n) is 14.0. The highest BCUT2D eigenvalue weighted by molar-refractivity contribution is 7.99. The number of fused-ring (bicyclic) bond motifs is 1. The molecule has 0 radical (unpaired) electrons. The van der Waals surface area contributed by atoms with Gasteiger partial charge in [0.05, 0.1) is 23.2 Å². The molecular weight excluding hydrogens is 624 g/mol. The minimum absolute atomic E-state index is 0.0417. The Balaban J connectivity index is 0.000000762. The van der Waals surface area contributed by atoms with Crippen LogP contribution in [0, 0.1) is 5.41 Å². The highest BCUT2D eigenvalue weighted by Gasteiger charge is 2.44. The molecule has 1 heterocycles. The first kappa shape index (κ1) is 36.7. The summed E-state index contributed by atoms with van der Waals surface area (Å²) in [6.07, 6.45) is 9.07. The first-order valence-electron chi connectivity index (χ1n) is 16.4. The quantitative estimate of drug-likeness (QED) is 0.131. The Kier molecular flexibility index (Phi) is 12.3. The summed E-state index contributed by atoms with van der Waals surface area (Å²) in [6.45, 7) is 9.78. The van der Waals surface area contributed by atoms with Gasteiger partial charge in [0.25, 0.3) is 0 Å². The van der Waals surface area contributed by atoms with Crippen LogP contribution in [0.1, 0.15) is 99.9 Å². The number of aliphatic hydroxyl groups is 1. The number of rotatable bonds is 13. The third-order valence-electron chi connectivity index (χ3n) is 8.74. The predicted octanol–water partition coefficient (Wildman–Crippen LogP) is 10.1. The molecule has 0 amide bonds. The lowest BCUT2D eigenvalue weighted by molar-refractivity contribution is -0.138. The lowest BCUT2D eigenvalue weighted by Crippen LogP contribution is -2.30. The van der Waals surface area contributed by atoms with Gasteiger partial charge in [-0.1, -0.05) is 85.3 Å². The van der Waals surface area contributed by atoms with Gasteiger partial charge in [0.2, 0.25) is 0 Å². The van der Waals surface area contributed by atoms with Gasteiger partial charge in [-0.15, -0.1) is 0 Å². The molecule has 1 aliphatic carbocycles. The van der Waals surface area contributed by atoms with Crippen LogP contribution in [0.4, 0.5) is 0 Å². The molecular formula is C40H49ClN2O3S. The van der Waals surface area contributed by atoms with Gasteiger partial charge in [0, 0.05) is 27.0 Å². The van der Waals surface area contributed by atoms with Gasteiger partial charge in [0.1, 0.15) is 0 Å². The molecule has 4 aromatic rings. The Morgan fingerprint density at radius 2 is 1.72 bits per heavy atom. The number of benzene rings is 3. The molecule has 250 valence electrons. The van der Waals surface area contributed by atoms with E-state index in [9.17, 15) is 15.0 Å². The van der Waals surface area contributed by atoms with Crippen molar-refractivity contribution >= 4 is 52.4 Å². The number of thioether (sulfide) groups is 1. The molecule has 1 atom stereocenters. The lowest BCUT2D eigenvalue weighted by atomic mass is 9.90. The smallest absolute Gasteiger partial charge is 0.303 e. The zero-order valence-electron chi connectivity index (χ0n) is 28.3. The minimum atomic E-state index is -0.911. The maximum atomic E-state index is 11.5. The van der Waals surface area contributed by atoms with Crippen LogP contribution >= 0.6 is 23.4 Å². The maximum Gasteiger partial charge on any atom is 0.303 e. The van der Waals surface area contributed by atoms with E-state index in [2.05, 4.69) is 49.4 Å². The van der Waals surface area contributed by atoms with Crippen molar-refractivity contribution in [3.63, 3.8) is 0 Å². The number of aromatic nitrogens is 1. The molecule has 0 bridgehead atoms. The second-order valence-corrected chi connectivity index (χ2v) is 15.7. The van der Waals surface area contributed by atoms with Crippen molar-refractivity contribution in [3.05, 3.63) is 112 Å². The number of aliphatic carboxylic acids is 1. The average Bonchev–Trinajstić information content (AvgIpc) is 3.78. The van der Waals surface area contributed by atoms with Gasteiger partial charge < -0.3 is 15.9 Å². The maximum absolute atomic E-state index is 11.5. The molecule has 1 aliphatic rings. The van der Waals surface area contributed by atoms with Crippen molar-refractivity contribution in [3.8, 4) is 0 Å². The Bertz CT molecular complexity index is 1690. The molecule has 1 saturated carbocycles. The summed E-state index contributed by atoms with van der Waals surface area (Å²) in [5, 5.41) is 22.1. The zero-order chi connectivity index (χ0) is 34.2. The molecule has 0 spiro atoms. The third kappa shape index (κ3) is 11.5. The number of pyridine rings is 1. The van der Waals surface area contributed by atoms with E-state index < -0.39 is 11.6 Å². The van der Waals surface area contributed by atoms with Crippen molar-refractivity contribution in [2.75, 3.05) is 5.75 Å². The molecule has 5 nitrogen and oxygen atoms in total. The van der Waals surface area contributed by atoms with Gasteiger partial charge in [-0.25, -0.2) is 4.98 Å². The largest absolute Gasteiger partial charge is 0.481 e. The molecule has 1 fully saturated rings. The lowest BCUT2D eigenvalue weighted by Gasteiger charge is -2.24. The van der Waals surface area contributed by atoms with E-state index in [1.165, 1.54) is 5.56 Å². The Labute approximate surface area is 289 Å². The number of hydrogen-bond acceptors (Lipinski definition) is 5. The van der Waals surface area contributed by atoms with Crippen LogP contribution in [0.15, 0.2) is 78.9 Å². The molecule has 3 aromatic carbocycles. The van der Waals surface area contributed by atoms with Crippen molar-refractivity contribution in [2.24, 2.45) is 11.1 Å². The van der Waals surface area contributed by atoms with Crippen LogP contribution in [-0.2, 0) is 16.8 Å². The van der Waals surface area contributed by atoms with E-state index in [1.807, 2.05) is 88.0 Å². The molecule has 4 N–H and O–H groups in total. The van der Waals surface area contributed by atoms with Crippen LogP contribution in [-0.4, -0.2) is 32.5 Å².